The van der Waals surface area contributed by atoms with Crippen LogP contribution in [0, 0.1) is 0 Å². The van der Waals surface area contributed by atoms with E-state index >= 15 is 0 Å². The molecule has 88 valence electrons. The van der Waals surface area contributed by atoms with Gasteiger partial charge in [0, 0.05) is 13.6 Å². The number of carbonyl (C=O) groups is 1. The van der Waals surface area contributed by atoms with Crippen LogP contribution < -0.4 is 0 Å². The van der Waals surface area contributed by atoms with Crippen molar-refractivity contribution in [2.75, 3.05) is 13.6 Å². The highest BCUT2D eigenvalue weighted by atomic mass is 19.3. The predicted octanol–water partition coefficient (Wildman–Crippen LogP) is 1.90. The maximum absolute atomic E-state index is 12.2. The van der Waals surface area contributed by atoms with Crippen molar-refractivity contribution in [2.24, 2.45) is 0 Å². The first-order valence-electron chi connectivity index (χ1n) is 4.91. The van der Waals surface area contributed by atoms with Crippen LogP contribution in [-0.4, -0.2) is 34.4 Å². The summed E-state index contributed by atoms with van der Waals surface area (Å²) in [6, 6.07) is 0. The minimum Gasteiger partial charge on any atom is -0.340 e. The van der Waals surface area contributed by atoms with Gasteiger partial charge in [-0.3, -0.25) is 9.78 Å². The standard InChI is InChI=1S/C10H13F2N3O/c1-3-4-15(2)10(16)8-6-13-7(5-14-8)9(11)12/h5-6,9H,3-4H2,1-2H3. The third kappa shape index (κ3) is 2.95. The second kappa shape index (κ2) is 5.48. The number of nitrogens with zero attached hydrogens (tertiary/aromatic N) is 3. The molecule has 0 unspecified atom stereocenters. The Kier molecular flexibility index (Phi) is 4.28. The molecular formula is C10H13F2N3O. The lowest BCUT2D eigenvalue weighted by Crippen LogP contribution is -2.28. The molecule has 0 N–H and O–H groups in total. The van der Waals surface area contributed by atoms with Gasteiger partial charge in [0.25, 0.3) is 12.3 Å². The molecular weight excluding hydrogens is 216 g/mol. The third-order valence-electron chi connectivity index (χ3n) is 2.02. The maximum atomic E-state index is 12.2. The van der Waals surface area contributed by atoms with Gasteiger partial charge in [-0.25, -0.2) is 13.8 Å². The Labute approximate surface area is 92.3 Å². The van der Waals surface area contributed by atoms with Crippen LogP contribution in [0.2, 0.25) is 0 Å². The molecule has 0 saturated carbocycles. The number of amides is 1. The van der Waals surface area contributed by atoms with Gasteiger partial charge in [0.1, 0.15) is 11.4 Å². The summed E-state index contributed by atoms with van der Waals surface area (Å²) in [7, 11) is 1.63. The molecule has 0 fully saturated rings. The van der Waals surface area contributed by atoms with E-state index in [1.54, 1.807) is 7.05 Å². The summed E-state index contributed by atoms with van der Waals surface area (Å²) in [6.45, 7) is 2.53. The van der Waals surface area contributed by atoms with E-state index in [1.165, 1.54) is 4.90 Å². The van der Waals surface area contributed by atoms with E-state index in [-0.39, 0.29) is 11.6 Å². The van der Waals surface area contributed by atoms with Gasteiger partial charge < -0.3 is 4.90 Å². The van der Waals surface area contributed by atoms with Gasteiger partial charge in [-0.1, -0.05) is 6.92 Å². The minimum absolute atomic E-state index is 0.0837. The lowest BCUT2D eigenvalue weighted by molar-refractivity contribution is 0.0787. The third-order valence-corrected chi connectivity index (χ3v) is 2.02. The fourth-order valence-corrected chi connectivity index (χ4v) is 1.19. The van der Waals surface area contributed by atoms with E-state index in [0.717, 1.165) is 18.8 Å². The zero-order chi connectivity index (χ0) is 12.1. The lowest BCUT2D eigenvalue weighted by Gasteiger charge is -2.14. The number of alkyl halides is 2. The summed E-state index contributed by atoms with van der Waals surface area (Å²) in [5.74, 6) is -0.310. The van der Waals surface area contributed by atoms with Crippen LogP contribution >= 0.6 is 0 Å². The number of carbonyl (C=O) groups excluding carboxylic acids is 1. The van der Waals surface area contributed by atoms with E-state index in [2.05, 4.69) is 9.97 Å². The van der Waals surface area contributed by atoms with Gasteiger partial charge in [0.05, 0.1) is 12.4 Å². The summed E-state index contributed by atoms with van der Waals surface area (Å²) in [6.07, 6.45) is 0.170. The fraction of sp³-hybridized carbons (Fsp3) is 0.500. The number of hydrogen-bond acceptors (Lipinski definition) is 3. The van der Waals surface area contributed by atoms with Gasteiger partial charge in [-0.2, -0.15) is 0 Å². The highest BCUT2D eigenvalue weighted by molar-refractivity contribution is 5.91. The molecule has 1 rings (SSSR count). The Morgan fingerprint density at radius 3 is 2.56 bits per heavy atom. The Hall–Kier alpha value is -1.59. The molecule has 1 aromatic rings. The normalized spacial score (nSPS) is 10.6. The van der Waals surface area contributed by atoms with Gasteiger partial charge in [-0.05, 0) is 6.42 Å². The second-order valence-corrected chi connectivity index (χ2v) is 3.35. The summed E-state index contributed by atoms with van der Waals surface area (Å²) >= 11 is 0. The van der Waals surface area contributed by atoms with E-state index in [1.807, 2.05) is 6.92 Å². The number of hydrogen-bond donors (Lipinski definition) is 0. The largest absolute Gasteiger partial charge is 0.340 e. The van der Waals surface area contributed by atoms with Crippen molar-refractivity contribution in [2.45, 2.75) is 19.8 Å². The molecule has 0 bridgehead atoms. The predicted molar refractivity (Wildman–Crippen MR) is 54.2 cm³/mol. The Morgan fingerprint density at radius 1 is 1.44 bits per heavy atom. The average Bonchev–Trinajstić information content (AvgIpc) is 2.28. The summed E-state index contributed by atoms with van der Waals surface area (Å²) in [4.78, 5) is 20.3. The lowest BCUT2D eigenvalue weighted by atomic mass is 10.3. The van der Waals surface area contributed by atoms with Gasteiger partial charge >= 0.3 is 0 Å². The van der Waals surface area contributed by atoms with Crippen LogP contribution in [0.1, 0.15) is 36.0 Å². The van der Waals surface area contributed by atoms with Crippen LogP contribution in [0.4, 0.5) is 8.78 Å². The number of aromatic nitrogens is 2. The van der Waals surface area contributed by atoms with Crippen molar-refractivity contribution in [1.82, 2.24) is 14.9 Å². The van der Waals surface area contributed by atoms with E-state index < -0.39 is 12.1 Å². The first kappa shape index (κ1) is 12.5. The molecule has 16 heavy (non-hydrogen) atoms. The smallest absolute Gasteiger partial charge is 0.281 e. The molecule has 4 nitrogen and oxygen atoms in total. The molecule has 0 radical (unpaired) electrons. The molecule has 1 aromatic heterocycles. The number of halogens is 2. The Bertz CT molecular complexity index is 354. The molecule has 0 saturated heterocycles. The van der Waals surface area contributed by atoms with Gasteiger partial charge in [0.15, 0.2) is 0 Å². The quantitative estimate of drug-likeness (QED) is 0.792. The summed E-state index contributed by atoms with van der Waals surface area (Å²) in [5, 5.41) is 0. The molecule has 1 amide bonds. The minimum atomic E-state index is -2.66. The monoisotopic (exact) mass is 229 g/mol. The Balaban J connectivity index is 2.77. The second-order valence-electron chi connectivity index (χ2n) is 3.35. The zero-order valence-electron chi connectivity index (χ0n) is 9.15. The molecule has 1 heterocycles. The first-order valence-corrected chi connectivity index (χ1v) is 4.91. The van der Waals surface area contributed by atoms with Crippen LogP contribution in [0.15, 0.2) is 12.4 Å². The van der Waals surface area contributed by atoms with E-state index in [9.17, 15) is 13.6 Å². The molecule has 0 aliphatic carbocycles. The molecule has 0 spiro atoms. The molecule has 0 aliphatic heterocycles. The van der Waals surface area contributed by atoms with E-state index in [0.29, 0.717) is 6.54 Å². The highest BCUT2D eigenvalue weighted by Gasteiger charge is 2.15. The van der Waals surface area contributed by atoms with Crippen molar-refractivity contribution in [3.05, 3.63) is 23.8 Å². The average molecular weight is 229 g/mol. The molecule has 0 atom stereocenters. The van der Waals surface area contributed by atoms with Crippen molar-refractivity contribution in [1.29, 1.82) is 0 Å². The summed E-state index contributed by atoms with van der Waals surface area (Å²) < 4.78 is 24.4. The molecule has 6 heteroatoms. The highest BCUT2D eigenvalue weighted by Crippen LogP contribution is 2.14. The van der Waals surface area contributed by atoms with Crippen LogP contribution in [0.5, 0.6) is 0 Å². The first-order chi connectivity index (χ1) is 7.56. The van der Waals surface area contributed by atoms with Crippen molar-refractivity contribution < 1.29 is 13.6 Å². The molecule has 0 aliphatic rings. The fourth-order valence-electron chi connectivity index (χ4n) is 1.19. The van der Waals surface area contributed by atoms with Crippen LogP contribution in [-0.2, 0) is 0 Å². The topological polar surface area (TPSA) is 46.1 Å². The molecule has 0 aromatic carbocycles. The Morgan fingerprint density at radius 2 is 2.12 bits per heavy atom. The number of rotatable bonds is 4. The summed E-state index contributed by atoms with van der Waals surface area (Å²) in [5.41, 5.74) is -0.338. The zero-order valence-corrected chi connectivity index (χ0v) is 9.15. The van der Waals surface area contributed by atoms with E-state index in [4.69, 9.17) is 0 Å². The van der Waals surface area contributed by atoms with Gasteiger partial charge in [-0.15, -0.1) is 0 Å². The van der Waals surface area contributed by atoms with Crippen LogP contribution in [0.25, 0.3) is 0 Å². The maximum Gasteiger partial charge on any atom is 0.281 e. The van der Waals surface area contributed by atoms with Crippen LogP contribution in [0.3, 0.4) is 0 Å². The van der Waals surface area contributed by atoms with Crippen molar-refractivity contribution >= 4 is 5.91 Å². The van der Waals surface area contributed by atoms with Crippen molar-refractivity contribution in [3.8, 4) is 0 Å². The van der Waals surface area contributed by atoms with Gasteiger partial charge in [0.2, 0.25) is 0 Å². The SMILES string of the molecule is CCCN(C)C(=O)c1cnc(C(F)F)cn1. The van der Waals surface area contributed by atoms with Crippen molar-refractivity contribution in [3.63, 3.8) is 0 Å².